The molecule has 2 aromatic rings. The molecular formula is C20H21NO2. The number of carbonyl (C=O) groups is 1. The maximum absolute atomic E-state index is 12.0. The van der Waals surface area contributed by atoms with Crippen molar-refractivity contribution in [3.63, 3.8) is 0 Å². The Morgan fingerprint density at radius 2 is 1.74 bits per heavy atom. The summed E-state index contributed by atoms with van der Waals surface area (Å²) in [5, 5.41) is 18.7. The molecule has 23 heavy (non-hydrogen) atoms. The van der Waals surface area contributed by atoms with E-state index in [9.17, 15) is 9.90 Å². The molecule has 0 spiro atoms. The van der Waals surface area contributed by atoms with Crippen LogP contribution in [0.2, 0.25) is 0 Å². The quantitative estimate of drug-likeness (QED) is 0.594. The molecule has 0 aromatic heterocycles. The van der Waals surface area contributed by atoms with Gasteiger partial charge >= 0.3 is 0 Å². The molecule has 0 saturated carbocycles. The van der Waals surface area contributed by atoms with Crippen molar-refractivity contribution >= 4 is 5.78 Å². The average Bonchev–Trinajstić information content (AvgIpc) is 2.60. The number of aryl methyl sites for hydroxylation is 1. The monoisotopic (exact) mass is 307 g/mol. The highest BCUT2D eigenvalue weighted by Gasteiger charge is 2.12. The maximum Gasteiger partial charge on any atom is 0.165 e. The zero-order chi connectivity index (χ0) is 16.5. The molecule has 0 aliphatic heterocycles. The molecule has 1 atom stereocenters. The van der Waals surface area contributed by atoms with Crippen LogP contribution in [-0.4, -0.2) is 17.0 Å². The van der Waals surface area contributed by atoms with E-state index >= 15 is 0 Å². The number of Topliss-reactive ketones (excluding diaryl/α,β-unsaturated/α-hetero) is 1. The molecule has 0 amide bonds. The van der Waals surface area contributed by atoms with Crippen molar-refractivity contribution in [1.82, 2.24) is 0 Å². The Labute approximate surface area is 137 Å². The highest BCUT2D eigenvalue weighted by molar-refractivity contribution is 5.96. The lowest BCUT2D eigenvalue weighted by Gasteiger charge is -2.10. The number of benzene rings is 2. The largest absolute Gasteiger partial charge is 0.393 e. The van der Waals surface area contributed by atoms with Gasteiger partial charge in [0.25, 0.3) is 0 Å². The van der Waals surface area contributed by atoms with Crippen LogP contribution in [0, 0.1) is 11.3 Å². The molecule has 3 heteroatoms. The third-order valence-electron chi connectivity index (χ3n) is 3.85. The first-order valence-corrected chi connectivity index (χ1v) is 7.94. The molecule has 0 aliphatic rings. The smallest absolute Gasteiger partial charge is 0.165 e. The van der Waals surface area contributed by atoms with Gasteiger partial charge in [0.15, 0.2) is 5.78 Å². The molecular weight excluding hydrogens is 286 g/mol. The SMILES string of the molecule is N#Cc1ccc(CCCCC(O)CC(=O)c2ccccc2)cc1. The third kappa shape index (κ3) is 5.69. The van der Waals surface area contributed by atoms with Crippen LogP contribution in [0.1, 0.15) is 47.2 Å². The van der Waals surface area contributed by atoms with E-state index in [2.05, 4.69) is 6.07 Å². The Kier molecular flexibility index (Phi) is 6.53. The van der Waals surface area contributed by atoms with Crippen LogP contribution in [0.5, 0.6) is 0 Å². The van der Waals surface area contributed by atoms with E-state index in [1.54, 1.807) is 12.1 Å². The molecule has 3 nitrogen and oxygen atoms in total. The topological polar surface area (TPSA) is 61.1 Å². The van der Waals surface area contributed by atoms with Gasteiger partial charge in [0.1, 0.15) is 0 Å². The number of aliphatic hydroxyl groups excluding tert-OH is 1. The molecule has 1 N–H and O–H groups in total. The second kappa shape index (κ2) is 8.87. The summed E-state index contributed by atoms with van der Waals surface area (Å²) in [6.45, 7) is 0. The molecule has 2 aromatic carbocycles. The first-order valence-electron chi connectivity index (χ1n) is 7.94. The zero-order valence-corrected chi connectivity index (χ0v) is 13.1. The summed E-state index contributed by atoms with van der Waals surface area (Å²) in [6.07, 6.45) is 3.00. The van der Waals surface area contributed by atoms with Crippen molar-refractivity contribution in [2.75, 3.05) is 0 Å². The number of aliphatic hydroxyl groups is 1. The minimum atomic E-state index is -0.580. The van der Waals surface area contributed by atoms with Crippen LogP contribution in [0.3, 0.4) is 0 Å². The molecule has 0 fully saturated rings. The normalized spacial score (nSPS) is 11.7. The minimum Gasteiger partial charge on any atom is -0.393 e. The Morgan fingerprint density at radius 3 is 2.39 bits per heavy atom. The van der Waals surface area contributed by atoms with Gasteiger partial charge in [-0.15, -0.1) is 0 Å². The predicted molar refractivity (Wildman–Crippen MR) is 90.1 cm³/mol. The van der Waals surface area contributed by atoms with Gasteiger partial charge in [-0.1, -0.05) is 48.9 Å². The molecule has 0 heterocycles. The van der Waals surface area contributed by atoms with E-state index in [-0.39, 0.29) is 12.2 Å². The molecule has 0 radical (unpaired) electrons. The van der Waals surface area contributed by atoms with Gasteiger partial charge in [-0.25, -0.2) is 0 Å². The summed E-state index contributed by atoms with van der Waals surface area (Å²) in [5.74, 6) is -0.00908. The number of unbranched alkanes of at least 4 members (excludes halogenated alkanes) is 1. The second-order valence-electron chi connectivity index (χ2n) is 5.70. The van der Waals surface area contributed by atoms with Crippen LogP contribution >= 0.6 is 0 Å². The molecule has 0 bridgehead atoms. The molecule has 2 rings (SSSR count). The van der Waals surface area contributed by atoms with Crippen molar-refractivity contribution in [2.45, 2.75) is 38.2 Å². The summed E-state index contributed by atoms with van der Waals surface area (Å²) >= 11 is 0. The number of carbonyl (C=O) groups excluding carboxylic acids is 1. The zero-order valence-electron chi connectivity index (χ0n) is 13.1. The molecule has 0 saturated heterocycles. The van der Waals surface area contributed by atoms with Crippen molar-refractivity contribution in [3.8, 4) is 6.07 Å². The third-order valence-corrected chi connectivity index (χ3v) is 3.85. The van der Waals surface area contributed by atoms with Gasteiger partial charge in [-0.05, 0) is 37.0 Å². The van der Waals surface area contributed by atoms with Gasteiger partial charge in [0.05, 0.1) is 17.7 Å². The van der Waals surface area contributed by atoms with E-state index in [0.717, 1.165) is 19.3 Å². The van der Waals surface area contributed by atoms with E-state index in [4.69, 9.17) is 5.26 Å². The van der Waals surface area contributed by atoms with Gasteiger partial charge in [0.2, 0.25) is 0 Å². The van der Waals surface area contributed by atoms with E-state index < -0.39 is 6.10 Å². The van der Waals surface area contributed by atoms with Crippen LogP contribution in [0.4, 0.5) is 0 Å². The maximum atomic E-state index is 12.0. The fourth-order valence-corrected chi connectivity index (χ4v) is 2.51. The summed E-state index contributed by atoms with van der Waals surface area (Å²) < 4.78 is 0. The number of ketones is 1. The Hall–Kier alpha value is -2.44. The minimum absolute atomic E-state index is 0.00908. The predicted octanol–water partition coefficient (Wildman–Crippen LogP) is 3.90. The number of hydrogen-bond donors (Lipinski definition) is 1. The summed E-state index contributed by atoms with van der Waals surface area (Å²) in [7, 11) is 0. The summed E-state index contributed by atoms with van der Waals surface area (Å²) in [4.78, 5) is 12.0. The summed E-state index contributed by atoms with van der Waals surface area (Å²) in [6, 6.07) is 18.8. The first-order chi connectivity index (χ1) is 11.2. The molecule has 0 aliphatic carbocycles. The van der Waals surface area contributed by atoms with Gasteiger partial charge in [-0.3, -0.25) is 4.79 Å². The Morgan fingerprint density at radius 1 is 1.04 bits per heavy atom. The fraction of sp³-hybridized carbons (Fsp3) is 0.300. The van der Waals surface area contributed by atoms with Crippen molar-refractivity contribution in [3.05, 3.63) is 71.3 Å². The lowest BCUT2D eigenvalue weighted by atomic mass is 10.00. The van der Waals surface area contributed by atoms with Gasteiger partial charge in [0, 0.05) is 12.0 Å². The fourth-order valence-electron chi connectivity index (χ4n) is 2.51. The van der Waals surface area contributed by atoms with Gasteiger partial charge in [-0.2, -0.15) is 5.26 Å². The molecule has 118 valence electrons. The Balaban J connectivity index is 1.67. The van der Waals surface area contributed by atoms with E-state index in [1.807, 2.05) is 42.5 Å². The van der Waals surface area contributed by atoms with Crippen molar-refractivity contribution in [2.24, 2.45) is 0 Å². The first kappa shape index (κ1) is 16.9. The number of nitriles is 1. The average molecular weight is 307 g/mol. The standard InChI is InChI=1S/C20H21NO2/c21-15-17-12-10-16(11-13-17)6-4-5-9-19(22)14-20(23)18-7-2-1-3-8-18/h1-3,7-8,10-13,19,22H,4-6,9,14H2. The highest BCUT2D eigenvalue weighted by Crippen LogP contribution is 2.13. The number of hydrogen-bond acceptors (Lipinski definition) is 3. The lowest BCUT2D eigenvalue weighted by Crippen LogP contribution is -2.13. The highest BCUT2D eigenvalue weighted by atomic mass is 16.3. The lowest BCUT2D eigenvalue weighted by molar-refractivity contribution is 0.0864. The van der Waals surface area contributed by atoms with E-state index in [0.29, 0.717) is 17.5 Å². The number of rotatable bonds is 8. The van der Waals surface area contributed by atoms with Crippen molar-refractivity contribution < 1.29 is 9.90 Å². The Bertz CT molecular complexity index is 656. The van der Waals surface area contributed by atoms with Crippen LogP contribution in [-0.2, 0) is 6.42 Å². The summed E-state index contributed by atoms with van der Waals surface area (Å²) in [5.41, 5.74) is 2.52. The number of nitrogens with zero attached hydrogens (tertiary/aromatic N) is 1. The van der Waals surface area contributed by atoms with E-state index in [1.165, 1.54) is 5.56 Å². The molecule has 1 unspecified atom stereocenters. The second-order valence-corrected chi connectivity index (χ2v) is 5.70. The van der Waals surface area contributed by atoms with Crippen LogP contribution < -0.4 is 0 Å². The van der Waals surface area contributed by atoms with Crippen LogP contribution in [0.15, 0.2) is 54.6 Å². The van der Waals surface area contributed by atoms with Crippen LogP contribution in [0.25, 0.3) is 0 Å². The van der Waals surface area contributed by atoms with Crippen molar-refractivity contribution in [1.29, 1.82) is 5.26 Å². The van der Waals surface area contributed by atoms with Gasteiger partial charge < -0.3 is 5.11 Å².